The fourth-order valence-electron chi connectivity index (χ4n) is 0.604. The molecule has 1 N–H and O–H groups in total. The third-order valence-electron chi connectivity index (χ3n) is 1.14. The highest BCUT2D eigenvalue weighted by molar-refractivity contribution is 6.17. The molecule has 0 aromatic heterocycles. The van der Waals surface area contributed by atoms with Crippen molar-refractivity contribution in [3.05, 3.63) is 11.6 Å². The minimum atomic E-state index is 0.147. The van der Waals surface area contributed by atoms with E-state index in [2.05, 4.69) is 0 Å². The summed E-state index contributed by atoms with van der Waals surface area (Å²) in [4.78, 5) is 0. The maximum Gasteiger partial charge on any atom is 0.0614 e. The van der Waals surface area contributed by atoms with Gasteiger partial charge in [-0.25, -0.2) is 0 Å². The molecular formula is C7H13ClO. The molecule has 0 bridgehead atoms. The summed E-state index contributed by atoms with van der Waals surface area (Å²) in [5.41, 5.74) is 1.22. The van der Waals surface area contributed by atoms with E-state index in [1.807, 2.05) is 13.0 Å². The first-order valence-corrected chi connectivity index (χ1v) is 3.67. The maximum atomic E-state index is 8.43. The quantitative estimate of drug-likeness (QED) is 0.477. The van der Waals surface area contributed by atoms with Crippen LogP contribution in [-0.2, 0) is 0 Å². The Kier molecular flexibility index (Phi) is 6.11. The highest BCUT2D eigenvalue weighted by Gasteiger charge is 1.86. The number of rotatable bonds is 4. The lowest BCUT2D eigenvalue weighted by molar-refractivity contribution is 0.341. The van der Waals surface area contributed by atoms with Crippen LogP contribution < -0.4 is 0 Å². The first kappa shape index (κ1) is 8.99. The summed E-state index contributed by atoms with van der Waals surface area (Å²) in [6.45, 7) is 2.15. The van der Waals surface area contributed by atoms with Crippen molar-refractivity contribution in [1.82, 2.24) is 0 Å². The van der Waals surface area contributed by atoms with Gasteiger partial charge in [0.05, 0.1) is 6.61 Å². The summed E-state index contributed by atoms with van der Waals surface area (Å²) in [6.07, 6.45) is 3.82. The molecule has 0 radical (unpaired) electrons. The van der Waals surface area contributed by atoms with E-state index in [4.69, 9.17) is 16.7 Å². The van der Waals surface area contributed by atoms with Crippen molar-refractivity contribution in [2.75, 3.05) is 12.5 Å². The lowest BCUT2D eigenvalue weighted by Gasteiger charge is -1.95. The van der Waals surface area contributed by atoms with Gasteiger partial charge in [-0.2, -0.15) is 0 Å². The predicted molar refractivity (Wildman–Crippen MR) is 40.8 cm³/mol. The van der Waals surface area contributed by atoms with Crippen LogP contribution in [0.25, 0.3) is 0 Å². The molecule has 54 valence electrons. The van der Waals surface area contributed by atoms with Crippen LogP contribution in [-0.4, -0.2) is 17.6 Å². The van der Waals surface area contributed by atoms with Crippen LogP contribution in [0.1, 0.15) is 19.8 Å². The Hall–Kier alpha value is -0.0100. The van der Waals surface area contributed by atoms with E-state index in [0.29, 0.717) is 5.88 Å². The fraction of sp³-hybridized carbons (Fsp3) is 0.714. The highest BCUT2D eigenvalue weighted by Crippen LogP contribution is 2.03. The van der Waals surface area contributed by atoms with Crippen molar-refractivity contribution in [3.8, 4) is 0 Å². The molecule has 0 atom stereocenters. The predicted octanol–water partition coefficient (Wildman–Crippen LogP) is 1.94. The van der Waals surface area contributed by atoms with Crippen LogP contribution in [0, 0.1) is 0 Å². The normalized spacial score (nSPS) is 12.1. The molecule has 0 fully saturated rings. The molecule has 0 heterocycles. The Morgan fingerprint density at radius 1 is 1.67 bits per heavy atom. The number of allylic oxidation sites excluding steroid dienone is 1. The Bertz CT molecular complexity index is 88.9. The average Bonchev–Trinajstić information content (AvgIpc) is 1.85. The molecule has 0 aromatic rings. The third-order valence-corrected chi connectivity index (χ3v) is 1.41. The largest absolute Gasteiger partial charge is 0.392 e. The van der Waals surface area contributed by atoms with Crippen LogP contribution in [0.5, 0.6) is 0 Å². The zero-order valence-electron chi connectivity index (χ0n) is 5.73. The Balaban J connectivity index is 3.25. The molecule has 0 aliphatic heterocycles. The van der Waals surface area contributed by atoms with Gasteiger partial charge in [0.25, 0.3) is 0 Å². The summed E-state index contributed by atoms with van der Waals surface area (Å²) in [6, 6.07) is 0. The van der Waals surface area contributed by atoms with E-state index >= 15 is 0 Å². The van der Waals surface area contributed by atoms with Gasteiger partial charge in [0, 0.05) is 5.88 Å². The number of aliphatic hydroxyl groups excluding tert-OH is 1. The van der Waals surface area contributed by atoms with E-state index in [0.717, 1.165) is 12.8 Å². The van der Waals surface area contributed by atoms with Gasteiger partial charge < -0.3 is 5.11 Å². The lowest BCUT2D eigenvalue weighted by atomic mass is 10.2. The molecule has 0 rings (SSSR count). The molecule has 0 aliphatic rings. The second kappa shape index (κ2) is 6.12. The van der Waals surface area contributed by atoms with Crippen molar-refractivity contribution in [2.24, 2.45) is 0 Å². The Morgan fingerprint density at radius 2 is 2.33 bits per heavy atom. The zero-order valence-corrected chi connectivity index (χ0v) is 6.49. The summed E-state index contributed by atoms with van der Waals surface area (Å²) in [7, 11) is 0. The summed E-state index contributed by atoms with van der Waals surface area (Å²) in [5, 5.41) is 8.43. The van der Waals surface area contributed by atoms with Gasteiger partial charge in [-0.05, 0) is 19.8 Å². The van der Waals surface area contributed by atoms with Gasteiger partial charge in [-0.1, -0.05) is 11.6 Å². The van der Waals surface area contributed by atoms with E-state index < -0.39 is 0 Å². The molecule has 0 amide bonds. The lowest BCUT2D eigenvalue weighted by Crippen LogP contribution is -1.82. The Morgan fingerprint density at radius 3 is 2.78 bits per heavy atom. The summed E-state index contributed by atoms with van der Waals surface area (Å²) < 4.78 is 0. The molecule has 2 heteroatoms. The first-order valence-electron chi connectivity index (χ1n) is 3.13. The minimum absolute atomic E-state index is 0.147. The number of halogens is 1. The number of hydrogen-bond acceptors (Lipinski definition) is 1. The van der Waals surface area contributed by atoms with Gasteiger partial charge in [0.1, 0.15) is 0 Å². The molecule has 0 saturated carbocycles. The summed E-state index contributed by atoms with van der Waals surface area (Å²) >= 11 is 5.46. The fourth-order valence-corrected chi connectivity index (χ4v) is 0.737. The van der Waals surface area contributed by atoms with Gasteiger partial charge in [-0.15, -0.1) is 11.6 Å². The summed E-state index contributed by atoms with van der Waals surface area (Å²) in [5.74, 6) is 0.705. The Labute approximate surface area is 61.3 Å². The molecule has 9 heavy (non-hydrogen) atoms. The van der Waals surface area contributed by atoms with Crippen molar-refractivity contribution in [1.29, 1.82) is 0 Å². The third kappa shape index (κ3) is 5.87. The topological polar surface area (TPSA) is 20.2 Å². The van der Waals surface area contributed by atoms with Crippen molar-refractivity contribution < 1.29 is 5.11 Å². The highest BCUT2D eigenvalue weighted by atomic mass is 35.5. The average molecular weight is 149 g/mol. The second-order valence-corrected chi connectivity index (χ2v) is 2.40. The van der Waals surface area contributed by atoms with Gasteiger partial charge in [-0.3, -0.25) is 0 Å². The van der Waals surface area contributed by atoms with Crippen molar-refractivity contribution >= 4 is 11.6 Å². The van der Waals surface area contributed by atoms with E-state index in [1.54, 1.807) is 0 Å². The van der Waals surface area contributed by atoms with E-state index in [1.165, 1.54) is 5.57 Å². The zero-order chi connectivity index (χ0) is 7.11. The molecule has 0 aliphatic carbocycles. The van der Waals surface area contributed by atoms with Crippen LogP contribution in [0.15, 0.2) is 11.6 Å². The van der Waals surface area contributed by atoms with Crippen molar-refractivity contribution in [2.45, 2.75) is 19.8 Å². The van der Waals surface area contributed by atoms with Crippen molar-refractivity contribution in [3.63, 3.8) is 0 Å². The second-order valence-electron chi connectivity index (χ2n) is 2.03. The maximum absolute atomic E-state index is 8.43. The number of hydrogen-bond donors (Lipinski definition) is 1. The molecular weight excluding hydrogens is 136 g/mol. The molecule has 0 unspecified atom stereocenters. The van der Waals surface area contributed by atoms with Crippen LogP contribution in [0.3, 0.4) is 0 Å². The first-order chi connectivity index (χ1) is 4.31. The molecule has 0 spiro atoms. The van der Waals surface area contributed by atoms with Gasteiger partial charge in [0.2, 0.25) is 0 Å². The smallest absolute Gasteiger partial charge is 0.0614 e. The van der Waals surface area contributed by atoms with Gasteiger partial charge >= 0.3 is 0 Å². The number of alkyl halides is 1. The SMILES string of the molecule is CC(=CCO)CCCCl. The van der Waals surface area contributed by atoms with Crippen LogP contribution in [0.2, 0.25) is 0 Å². The minimum Gasteiger partial charge on any atom is -0.392 e. The standard InChI is InChI=1S/C7H13ClO/c1-7(4-6-9)3-2-5-8/h4,9H,2-3,5-6H2,1H3. The van der Waals surface area contributed by atoms with Crippen LogP contribution >= 0.6 is 11.6 Å². The molecule has 0 aromatic carbocycles. The molecule has 1 nitrogen and oxygen atoms in total. The van der Waals surface area contributed by atoms with Gasteiger partial charge in [0.15, 0.2) is 0 Å². The monoisotopic (exact) mass is 148 g/mol. The molecule has 0 saturated heterocycles. The van der Waals surface area contributed by atoms with E-state index in [9.17, 15) is 0 Å². The number of aliphatic hydroxyl groups is 1. The van der Waals surface area contributed by atoms with E-state index in [-0.39, 0.29) is 6.61 Å². The van der Waals surface area contributed by atoms with Crippen LogP contribution in [0.4, 0.5) is 0 Å².